The topological polar surface area (TPSA) is 37.4 Å². The Kier molecular flexibility index (Phi) is 4.18. The molecule has 0 N–H and O–H groups in total. The van der Waals surface area contributed by atoms with Crippen LogP contribution >= 0.6 is 27.7 Å². The Morgan fingerprint density at radius 1 is 1.47 bits per heavy atom. The minimum Gasteiger partial charge on any atom is -0.207 e. The first-order chi connectivity index (χ1) is 8.00. The van der Waals surface area contributed by atoms with Gasteiger partial charge in [0, 0.05) is 28.6 Å². The third-order valence-corrected chi connectivity index (χ3v) is 6.13. The van der Waals surface area contributed by atoms with E-state index in [4.69, 9.17) is 0 Å². The van der Waals surface area contributed by atoms with Crippen molar-refractivity contribution < 1.29 is 8.42 Å². The highest BCUT2D eigenvalue weighted by Crippen LogP contribution is 2.25. The van der Waals surface area contributed by atoms with E-state index in [1.54, 1.807) is 22.5 Å². The van der Waals surface area contributed by atoms with E-state index in [9.17, 15) is 8.42 Å². The van der Waals surface area contributed by atoms with Crippen molar-refractivity contribution in [2.75, 3.05) is 18.8 Å². The molecule has 0 aromatic heterocycles. The van der Waals surface area contributed by atoms with Gasteiger partial charge in [0.15, 0.2) is 0 Å². The summed E-state index contributed by atoms with van der Waals surface area (Å²) in [5.74, 6) is 0.869. The quantitative estimate of drug-likeness (QED) is 0.833. The van der Waals surface area contributed by atoms with Crippen LogP contribution in [0.3, 0.4) is 0 Å². The fourth-order valence-corrected chi connectivity index (χ4v) is 5.13. The number of hydrogen-bond acceptors (Lipinski definition) is 3. The molecule has 2 rings (SSSR count). The Balaban J connectivity index is 2.29. The lowest BCUT2D eigenvalue weighted by atomic mass is 10.4. The molecule has 1 aromatic carbocycles. The molecule has 1 fully saturated rings. The molecule has 0 amide bonds. The summed E-state index contributed by atoms with van der Waals surface area (Å²) < 4.78 is 27.1. The summed E-state index contributed by atoms with van der Waals surface area (Å²) in [6.45, 7) is 3.26. The highest BCUT2D eigenvalue weighted by Gasteiger charge is 2.28. The maximum Gasteiger partial charge on any atom is 0.243 e. The first-order valence-corrected chi connectivity index (χ1v) is 8.65. The monoisotopic (exact) mass is 335 g/mol. The lowest BCUT2D eigenvalue weighted by Crippen LogP contribution is -2.40. The van der Waals surface area contributed by atoms with Gasteiger partial charge in [0.25, 0.3) is 0 Å². The molecule has 0 saturated carbocycles. The molecule has 17 heavy (non-hydrogen) atoms. The molecule has 0 spiro atoms. The highest BCUT2D eigenvalue weighted by molar-refractivity contribution is 9.10. The number of benzene rings is 1. The summed E-state index contributed by atoms with van der Waals surface area (Å²) in [5.41, 5.74) is 0. The van der Waals surface area contributed by atoms with Crippen LogP contribution in [0.5, 0.6) is 0 Å². The van der Waals surface area contributed by atoms with Gasteiger partial charge < -0.3 is 0 Å². The Morgan fingerprint density at radius 2 is 2.24 bits per heavy atom. The average Bonchev–Trinajstić information content (AvgIpc) is 2.29. The third-order valence-electron chi connectivity index (χ3n) is 2.64. The maximum absolute atomic E-state index is 12.4. The molecule has 1 atom stereocenters. The molecule has 94 valence electrons. The molecular weight excluding hydrogens is 322 g/mol. The number of thioether (sulfide) groups is 1. The molecule has 1 aliphatic heterocycles. The molecule has 0 radical (unpaired) electrons. The van der Waals surface area contributed by atoms with Crippen molar-refractivity contribution in [2.45, 2.75) is 17.1 Å². The fourth-order valence-electron chi connectivity index (χ4n) is 1.78. The van der Waals surface area contributed by atoms with Gasteiger partial charge in [0.05, 0.1) is 4.90 Å². The van der Waals surface area contributed by atoms with Gasteiger partial charge in [-0.25, -0.2) is 8.42 Å². The number of nitrogens with zero attached hydrogens (tertiary/aromatic N) is 1. The molecule has 1 heterocycles. The summed E-state index contributed by atoms with van der Waals surface area (Å²) >= 11 is 5.12. The van der Waals surface area contributed by atoms with Crippen LogP contribution in [0.1, 0.15) is 6.92 Å². The Bertz CT molecular complexity index is 504. The SMILES string of the molecule is CC1CN(S(=O)(=O)c2cccc(Br)c2)CCS1. The zero-order chi connectivity index (χ0) is 12.5. The molecular formula is C11H14BrNO2S2. The predicted molar refractivity (Wildman–Crippen MR) is 74.8 cm³/mol. The van der Waals surface area contributed by atoms with Crippen molar-refractivity contribution in [3.63, 3.8) is 0 Å². The van der Waals surface area contributed by atoms with E-state index in [0.717, 1.165) is 10.2 Å². The molecule has 0 bridgehead atoms. The smallest absolute Gasteiger partial charge is 0.207 e. The van der Waals surface area contributed by atoms with Gasteiger partial charge in [0.2, 0.25) is 10.0 Å². The van der Waals surface area contributed by atoms with Gasteiger partial charge in [-0.05, 0) is 18.2 Å². The molecule has 0 aliphatic carbocycles. The van der Waals surface area contributed by atoms with E-state index >= 15 is 0 Å². The van der Waals surface area contributed by atoms with Gasteiger partial charge in [-0.1, -0.05) is 28.9 Å². The maximum atomic E-state index is 12.4. The van der Waals surface area contributed by atoms with Crippen molar-refractivity contribution >= 4 is 37.7 Å². The number of halogens is 1. The van der Waals surface area contributed by atoms with Crippen LogP contribution in [0.2, 0.25) is 0 Å². The fraction of sp³-hybridized carbons (Fsp3) is 0.455. The average molecular weight is 336 g/mol. The summed E-state index contributed by atoms with van der Waals surface area (Å²) in [6, 6.07) is 6.88. The van der Waals surface area contributed by atoms with Crippen LogP contribution < -0.4 is 0 Å². The molecule has 1 unspecified atom stereocenters. The first kappa shape index (κ1) is 13.4. The van der Waals surface area contributed by atoms with E-state index in [0.29, 0.717) is 23.2 Å². The van der Waals surface area contributed by atoms with Crippen LogP contribution in [0.15, 0.2) is 33.6 Å². The van der Waals surface area contributed by atoms with Crippen LogP contribution in [-0.4, -0.2) is 36.8 Å². The highest BCUT2D eigenvalue weighted by atomic mass is 79.9. The van der Waals surface area contributed by atoms with E-state index in [1.807, 2.05) is 17.8 Å². The van der Waals surface area contributed by atoms with Crippen molar-refractivity contribution in [2.24, 2.45) is 0 Å². The van der Waals surface area contributed by atoms with Crippen LogP contribution in [-0.2, 0) is 10.0 Å². The van der Waals surface area contributed by atoms with Gasteiger partial charge in [-0.15, -0.1) is 0 Å². The Morgan fingerprint density at radius 3 is 2.88 bits per heavy atom. The normalized spacial score (nSPS) is 22.6. The van der Waals surface area contributed by atoms with E-state index in [-0.39, 0.29) is 0 Å². The van der Waals surface area contributed by atoms with Gasteiger partial charge in [-0.3, -0.25) is 0 Å². The lowest BCUT2D eigenvalue weighted by molar-refractivity contribution is 0.424. The summed E-state index contributed by atoms with van der Waals surface area (Å²) in [4.78, 5) is 0.367. The summed E-state index contributed by atoms with van der Waals surface area (Å²) in [6.07, 6.45) is 0. The van der Waals surface area contributed by atoms with E-state index < -0.39 is 10.0 Å². The van der Waals surface area contributed by atoms with Crippen molar-refractivity contribution in [1.29, 1.82) is 0 Å². The second kappa shape index (κ2) is 5.30. The minimum atomic E-state index is -3.33. The molecule has 1 aromatic rings. The lowest BCUT2D eigenvalue weighted by Gasteiger charge is -2.29. The van der Waals surface area contributed by atoms with E-state index in [2.05, 4.69) is 22.9 Å². The second-order valence-corrected chi connectivity index (χ2v) is 8.40. The number of hydrogen-bond donors (Lipinski definition) is 0. The second-order valence-electron chi connectivity index (χ2n) is 4.00. The predicted octanol–water partition coefficient (Wildman–Crippen LogP) is 2.58. The summed E-state index contributed by atoms with van der Waals surface area (Å²) in [5, 5.41) is 0.366. The van der Waals surface area contributed by atoms with Gasteiger partial charge >= 0.3 is 0 Å². The van der Waals surface area contributed by atoms with Gasteiger partial charge in [0.1, 0.15) is 0 Å². The third kappa shape index (κ3) is 3.05. The minimum absolute atomic E-state index is 0.366. The molecule has 1 aliphatic rings. The zero-order valence-electron chi connectivity index (χ0n) is 9.47. The number of rotatable bonds is 2. The largest absolute Gasteiger partial charge is 0.243 e. The first-order valence-electron chi connectivity index (χ1n) is 5.37. The van der Waals surface area contributed by atoms with Crippen LogP contribution in [0.25, 0.3) is 0 Å². The van der Waals surface area contributed by atoms with Crippen molar-refractivity contribution in [3.05, 3.63) is 28.7 Å². The van der Waals surface area contributed by atoms with Gasteiger partial charge in [-0.2, -0.15) is 16.1 Å². The van der Waals surface area contributed by atoms with Crippen LogP contribution in [0.4, 0.5) is 0 Å². The summed E-state index contributed by atoms with van der Waals surface area (Å²) in [7, 11) is -3.33. The zero-order valence-corrected chi connectivity index (χ0v) is 12.7. The molecule has 6 heteroatoms. The van der Waals surface area contributed by atoms with Crippen LogP contribution in [0, 0.1) is 0 Å². The molecule has 3 nitrogen and oxygen atoms in total. The standard InChI is InChI=1S/C11H14BrNO2S2/c1-9-8-13(5-6-16-9)17(14,15)11-4-2-3-10(12)7-11/h2-4,7,9H,5-6,8H2,1H3. The van der Waals surface area contributed by atoms with Crippen molar-refractivity contribution in [3.8, 4) is 0 Å². The molecule has 1 saturated heterocycles. The Hall–Kier alpha value is -0.0400. The Labute approximate surface area is 115 Å². The van der Waals surface area contributed by atoms with E-state index in [1.165, 1.54) is 0 Å². The number of sulfonamides is 1. The van der Waals surface area contributed by atoms with Crippen molar-refractivity contribution in [1.82, 2.24) is 4.31 Å².